The lowest BCUT2D eigenvalue weighted by atomic mass is 9.84. The number of esters is 1. The van der Waals surface area contributed by atoms with Gasteiger partial charge in [-0.2, -0.15) is 4.98 Å². The molecule has 0 unspecified atom stereocenters. The molecule has 3 rings (SSSR count). The fourth-order valence-corrected chi connectivity index (χ4v) is 4.22. The zero-order valence-electron chi connectivity index (χ0n) is 14.8. The minimum atomic E-state index is -0.409. The maximum Gasteiger partial charge on any atom is 0.306 e. The number of nitrogens with one attached hydrogen (secondary N) is 1. The molecule has 25 heavy (non-hydrogen) atoms. The summed E-state index contributed by atoms with van der Waals surface area (Å²) in [6.45, 7) is 5.72. The van der Waals surface area contributed by atoms with E-state index < -0.39 is 5.60 Å². The van der Waals surface area contributed by atoms with Gasteiger partial charge in [-0.1, -0.05) is 0 Å². The minimum Gasteiger partial charge on any atom is -0.460 e. The van der Waals surface area contributed by atoms with E-state index in [-0.39, 0.29) is 11.3 Å². The Morgan fingerprint density at radius 3 is 2.72 bits per heavy atom. The van der Waals surface area contributed by atoms with Gasteiger partial charge in [0.1, 0.15) is 11.4 Å². The van der Waals surface area contributed by atoms with E-state index in [9.17, 15) is 4.79 Å². The summed E-state index contributed by atoms with van der Waals surface area (Å²) < 4.78 is 6.47. The van der Waals surface area contributed by atoms with Crippen LogP contribution in [0.1, 0.15) is 52.9 Å². The first-order chi connectivity index (χ1) is 11.8. The molecular weight excluding hydrogens is 358 g/mol. The summed E-state index contributed by atoms with van der Waals surface area (Å²) in [5.74, 6) is 1.14. The van der Waals surface area contributed by atoms with Crippen molar-refractivity contribution in [3.63, 3.8) is 0 Å². The molecule has 136 valence electrons. The standard InChI is InChI=1S/C18H24ClN3O2S/c1-18(2,3)24-14(23)10-11-4-6-12(7-5-11)20-16-15-13(8-9-25-15)21-17(19)22-16/h8-9,11-12H,4-7,10H2,1-3H3,(H,20,21,22). The number of hydrogen-bond acceptors (Lipinski definition) is 6. The molecule has 1 fully saturated rings. The molecular formula is C18H24ClN3O2S. The quantitative estimate of drug-likeness (QED) is 0.593. The van der Waals surface area contributed by atoms with E-state index in [0.29, 0.717) is 18.4 Å². The number of rotatable bonds is 4. The van der Waals surface area contributed by atoms with Gasteiger partial charge >= 0.3 is 5.97 Å². The van der Waals surface area contributed by atoms with Crippen LogP contribution in [-0.4, -0.2) is 27.6 Å². The van der Waals surface area contributed by atoms with Gasteiger partial charge in [0.25, 0.3) is 0 Å². The Bertz CT molecular complexity index is 748. The fourth-order valence-electron chi connectivity index (χ4n) is 3.26. The highest BCUT2D eigenvalue weighted by Crippen LogP contribution is 2.32. The van der Waals surface area contributed by atoms with Crippen molar-refractivity contribution in [2.45, 2.75) is 64.5 Å². The summed E-state index contributed by atoms with van der Waals surface area (Å²) in [6, 6.07) is 2.31. The van der Waals surface area contributed by atoms with Crippen molar-refractivity contribution in [3.05, 3.63) is 16.7 Å². The van der Waals surface area contributed by atoms with Crippen LogP contribution in [0.4, 0.5) is 5.82 Å². The van der Waals surface area contributed by atoms with Crippen molar-refractivity contribution >= 4 is 44.9 Å². The molecule has 0 bridgehead atoms. The third kappa shape index (κ3) is 5.05. The third-order valence-corrected chi connectivity index (χ3v) is 5.42. The Kier molecular flexibility index (Phi) is 5.49. The van der Waals surface area contributed by atoms with Gasteiger partial charge in [-0.15, -0.1) is 11.3 Å². The fraction of sp³-hybridized carbons (Fsp3) is 0.611. The van der Waals surface area contributed by atoms with Crippen LogP contribution < -0.4 is 5.32 Å². The number of nitrogens with zero attached hydrogens (tertiary/aromatic N) is 2. The highest BCUT2D eigenvalue weighted by Gasteiger charge is 2.26. The van der Waals surface area contributed by atoms with Gasteiger partial charge in [0.2, 0.25) is 5.28 Å². The largest absolute Gasteiger partial charge is 0.460 e. The Morgan fingerprint density at radius 1 is 1.32 bits per heavy atom. The molecule has 0 aromatic carbocycles. The van der Waals surface area contributed by atoms with Crippen LogP contribution in [0.15, 0.2) is 11.4 Å². The first kappa shape index (κ1) is 18.4. The summed E-state index contributed by atoms with van der Waals surface area (Å²) in [5, 5.41) is 5.79. The average Bonchev–Trinajstić information content (AvgIpc) is 2.95. The van der Waals surface area contributed by atoms with Crippen molar-refractivity contribution in [2.24, 2.45) is 5.92 Å². The van der Waals surface area contributed by atoms with E-state index in [2.05, 4.69) is 15.3 Å². The minimum absolute atomic E-state index is 0.0909. The zero-order valence-corrected chi connectivity index (χ0v) is 16.4. The van der Waals surface area contributed by atoms with Gasteiger partial charge in [-0.05, 0) is 75.4 Å². The molecule has 1 aliphatic rings. The molecule has 1 N–H and O–H groups in total. The number of anilines is 1. The Hall–Kier alpha value is -1.40. The predicted molar refractivity (Wildman–Crippen MR) is 102 cm³/mol. The molecule has 0 amide bonds. The van der Waals surface area contributed by atoms with Crippen LogP contribution in [-0.2, 0) is 9.53 Å². The Labute approximate surface area is 157 Å². The molecule has 0 aliphatic heterocycles. The van der Waals surface area contributed by atoms with Gasteiger partial charge < -0.3 is 10.1 Å². The zero-order chi connectivity index (χ0) is 18.0. The molecule has 0 atom stereocenters. The van der Waals surface area contributed by atoms with Gasteiger partial charge in [-0.25, -0.2) is 4.98 Å². The summed E-state index contributed by atoms with van der Waals surface area (Å²) >= 11 is 7.64. The lowest BCUT2D eigenvalue weighted by Gasteiger charge is -2.30. The molecule has 5 nitrogen and oxygen atoms in total. The summed E-state index contributed by atoms with van der Waals surface area (Å²) in [7, 11) is 0. The normalized spacial score (nSPS) is 21.3. The number of thiophene rings is 1. The van der Waals surface area contributed by atoms with Crippen LogP contribution in [0.25, 0.3) is 10.2 Å². The number of fused-ring (bicyclic) bond motifs is 1. The van der Waals surface area contributed by atoms with Gasteiger partial charge in [0.05, 0.1) is 10.2 Å². The Balaban J connectivity index is 1.54. The first-order valence-corrected chi connectivity index (χ1v) is 9.95. The van der Waals surface area contributed by atoms with E-state index in [4.69, 9.17) is 16.3 Å². The van der Waals surface area contributed by atoms with E-state index >= 15 is 0 Å². The van der Waals surface area contributed by atoms with E-state index in [0.717, 1.165) is 41.7 Å². The highest BCUT2D eigenvalue weighted by atomic mass is 35.5. The number of ether oxygens (including phenoxy) is 1. The first-order valence-electron chi connectivity index (χ1n) is 8.69. The predicted octanol–water partition coefficient (Wildman–Crippen LogP) is 5.05. The van der Waals surface area contributed by atoms with Gasteiger partial charge in [0, 0.05) is 12.5 Å². The second-order valence-electron chi connectivity index (χ2n) is 7.63. The van der Waals surface area contributed by atoms with E-state index in [1.807, 2.05) is 32.2 Å². The monoisotopic (exact) mass is 381 g/mol. The van der Waals surface area contributed by atoms with Crippen molar-refractivity contribution in [1.82, 2.24) is 9.97 Å². The Morgan fingerprint density at radius 2 is 2.04 bits per heavy atom. The number of hydrogen-bond donors (Lipinski definition) is 1. The second kappa shape index (κ2) is 7.46. The third-order valence-electron chi connectivity index (χ3n) is 4.34. The molecule has 2 aromatic heterocycles. The second-order valence-corrected chi connectivity index (χ2v) is 8.88. The van der Waals surface area contributed by atoms with Crippen LogP contribution in [0.3, 0.4) is 0 Å². The lowest BCUT2D eigenvalue weighted by molar-refractivity contribution is -0.156. The molecule has 2 aromatic rings. The number of aromatic nitrogens is 2. The summed E-state index contributed by atoms with van der Waals surface area (Å²) in [5.41, 5.74) is 0.472. The summed E-state index contributed by atoms with van der Waals surface area (Å²) in [4.78, 5) is 20.6. The van der Waals surface area contributed by atoms with Crippen LogP contribution in [0, 0.1) is 5.92 Å². The number of carbonyl (C=O) groups excluding carboxylic acids is 1. The number of halogens is 1. The lowest BCUT2D eigenvalue weighted by Crippen LogP contribution is -2.29. The van der Waals surface area contributed by atoms with E-state index in [1.165, 1.54) is 0 Å². The topological polar surface area (TPSA) is 64.1 Å². The highest BCUT2D eigenvalue weighted by molar-refractivity contribution is 7.17. The molecule has 0 saturated heterocycles. The molecule has 1 saturated carbocycles. The van der Waals surface area contributed by atoms with Crippen molar-refractivity contribution < 1.29 is 9.53 Å². The van der Waals surface area contributed by atoms with Crippen molar-refractivity contribution in [1.29, 1.82) is 0 Å². The molecule has 2 heterocycles. The molecule has 7 heteroatoms. The van der Waals surface area contributed by atoms with Crippen LogP contribution in [0.2, 0.25) is 5.28 Å². The number of carbonyl (C=O) groups is 1. The molecule has 1 aliphatic carbocycles. The maximum atomic E-state index is 12.0. The SMILES string of the molecule is CC(C)(C)OC(=O)CC1CCC(Nc2nc(Cl)nc3ccsc23)CC1. The maximum absolute atomic E-state index is 12.0. The van der Waals surface area contributed by atoms with Crippen LogP contribution in [0.5, 0.6) is 0 Å². The van der Waals surface area contributed by atoms with E-state index in [1.54, 1.807) is 11.3 Å². The van der Waals surface area contributed by atoms with Crippen LogP contribution >= 0.6 is 22.9 Å². The molecule has 0 radical (unpaired) electrons. The van der Waals surface area contributed by atoms with Crippen molar-refractivity contribution in [2.75, 3.05) is 5.32 Å². The van der Waals surface area contributed by atoms with Crippen molar-refractivity contribution in [3.8, 4) is 0 Å². The van der Waals surface area contributed by atoms with Gasteiger partial charge in [0.15, 0.2) is 0 Å². The smallest absolute Gasteiger partial charge is 0.306 e. The molecule has 0 spiro atoms. The summed E-state index contributed by atoms with van der Waals surface area (Å²) in [6.07, 6.45) is 4.58. The van der Waals surface area contributed by atoms with Gasteiger partial charge in [-0.3, -0.25) is 4.79 Å². The average molecular weight is 382 g/mol.